The number of piperidine rings is 1. The molecule has 2 fully saturated rings. The highest BCUT2D eigenvalue weighted by atomic mass is 15.3. The van der Waals surface area contributed by atoms with Crippen LogP contribution in [0.4, 0.5) is 0 Å². The minimum absolute atomic E-state index is 0.440. The number of likely N-dealkylation sites (N-methyl/N-ethyl adjacent to an activating group) is 1. The minimum Gasteiger partial charge on any atom is -0.327 e. The van der Waals surface area contributed by atoms with E-state index in [-0.39, 0.29) is 0 Å². The topological polar surface area (TPSA) is 35.7 Å². The number of hydrogen-bond acceptors (Lipinski definition) is 4. The summed E-state index contributed by atoms with van der Waals surface area (Å²) in [7, 11) is 2.22. The molecule has 106 valence electrons. The Morgan fingerprint density at radius 3 is 2.33 bits per heavy atom. The van der Waals surface area contributed by atoms with Crippen molar-refractivity contribution < 1.29 is 0 Å². The van der Waals surface area contributed by atoms with Crippen LogP contribution in [0.5, 0.6) is 0 Å². The van der Waals surface area contributed by atoms with E-state index in [4.69, 9.17) is 5.73 Å². The Hall–Kier alpha value is -0.160. The van der Waals surface area contributed by atoms with E-state index in [1.807, 2.05) is 0 Å². The van der Waals surface area contributed by atoms with Crippen LogP contribution in [0.25, 0.3) is 0 Å². The lowest BCUT2D eigenvalue weighted by Crippen LogP contribution is -2.50. The molecule has 2 rings (SSSR count). The normalized spacial score (nSPS) is 32.8. The van der Waals surface area contributed by atoms with Gasteiger partial charge in [-0.15, -0.1) is 0 Å². The summed E-state index contributed by atoms with van der Waals surface area (Å²) in [6.07, 6.45) is 2.41. The smallest absolute Gasteiger partial charge is 0.0110 e. The molecule has 0 aromatic heterocycles. The third kappa shape index (κ3) is 3.92. The highest BCUT2D eigenvalue weighted by Gasteiger charge is 2.25. The summed E-state index contributed by atoms with van der Waals surface area (Å²) in [6, 6.07) is 0.440. The number of likely N-dealkylation sites (tertiary alicyclic amines) is 1. The van der Waals surface area contributed by atoms with E-state index in [2.05, 4.69) is 28.7 Å². The van der Waals surface area contributed by atoms with Crippen molar-refractivity contribution in [3.05, 3.63) is 0 Å². The Balaban J connectivity index is 1.67. The number of nitrogens with two attached hydrogens (primary N) is 1. The molecule has 0 aromatic rings. The van der Waals surface area contributed by atoms with Crippen molar-refractivity contribution in [3.8, 4) is 0 Å². The predicted octanol–water partition coefficient (Wildman–Crippen LogP) is 0.293. The zero-order valence-electron chi connectivity index (χ0n) is 12.1. The standard InChI is InChI=1S/C14H30N4/c1-3-13-12-18(5-4-14(13)15)11-10-17-8-6-16(2)7-9-17/h13-14H,3-12,15H2,1-2H3. The molecule has 2 atom stereocenters. The third-order valence-electron chi connectivity index (χ3n) is 4.73. The van der Waals surface area contributed by atoms with Gasteiger partial charge in [0.1, 0.15) is 0 Å². The van der Waals surface area contributed by atoms with Crippen LogP contribution in [-0.2, 0) is 0 Å². The van der Waals surface area contributed by atoms with Gasteiger partial charge in [0.2, 0.25) is 0 Å². The van der Waals surface area contributed by atoms with Gasteiger partial charge < -0.3 is 15.5 Å². The molecule has 0 aromatic carbocycles. The highest BCUT2D eigenvalue weighted by Crippen LogP contribution is 2.18. The predicted molar refractivity (Wildman–Crippen MR) is 76.8 cm³/mol. The molecule has 0 amide bonds. The van der Waals surface area contributed by atoms with E-state index >= 15 is 0 Å². The van der Waals surface area contributed by atoms with Gasteiger partial charge >= 0.3 is 0 Å². The molecule has 4 heteroatoms. The maximum Gasteiger partial charge on any atom is 0.0110 e. The lowest BCUT2D eigenvalue weighted by molar-refractivity contribution is 0.108. The lowest BCUT2D eigenvalue weighted by atomic mass is 9.91. The maximum absolute atomic E-state index is 6.16. The van der Waals surface area contributed by atoms with Crippen molar-refractivity contribution in [3.63, 3.8) is 0 Å². The van der Waals surface area contributed by atoms with Crippen LogP contribution in [0.1, 0.15) is 19.8 Å². The van der Waals surface area contributed by atoms with Gasteiger partial charge in [-0.25, -0.2) is 0 Å². The monoisotopic (exact) mass is 254 g/mol. The zero-order chi connectivity index (χ0) is 13.0. The summed E-state index contributed by atoms with van der Waals surface area (Å²) in [4.78, 5) is 7.65. The molecule has 0 saturated carbocycles. The molecule has 2 saturated heterocycles. The molecule has 2 aliphatic heterocycles. The van der Waals surface area contributed by atoms with Crippen LogP contribution < -0.4 is 5.73 Å². The van der Waals surface area contributed by atoms with Gasteiger partial charge in [0.05, 0.1) is 0 Å². The van der Waals surface area contributed by atoms with Crippen molar-refractivity contribution in [1.29, 1.82) is 0 Å². The van der Waals surface area contributed by atoms with Gasteiger partial charge in [-0.3, -0.25) is 4.90 Å². The van der Waals surface area contributed by atoms with Gasteiger partial charge in [0.25, 0.3) is 0 Å². The van der Waals surface area contributed by atoms with E-state index in [1.165, 1.54) is 65.2 Å². The van der Waals surface area contributed by atoms with Gasteiger partial charge in [0.15, 0.2) is 0 Å². The fourth-order valence-corrected chi connectivity index (χ4v) is 3.11. The quantitative estimate of drug-likeness (QED) is 0.782. The van der Waals surface area contributed by atoms with E-state index in [1.54, 1.807) is 0 Å². The summed E-state index contributed by atoms with van der Waals surface area (Å²) < 4.78 is 0. The van der Waals surface area contributed by atoms with Crippen molar-refractivity contribution >= 4 is 0 Å². The lowest BCUT2D eigenvalue weighted by Gasteiger charge is -2.38. The van der Waals surface area contributed by atoms with Gasteiger partial charge in [-0.1, -0.05) is 13.3 Å². The first-order valence-electron chi connectivity index (χ1n) is 7.58. The molecule has 2 heterocycles. The number of nitrogens with zero attached hydrogens (tertiary/aromatic N) is 3. The van der Waals surface area contributed by atoms with E-state index in [0.29, 0.717) is 12.0 Å². The van der Waals surface area contributed by atoms with Crippen molar-refractivity contribution in [1.82, 2.24) is 14.7 Å². The Kier molecular flexibility index (Phi) is 5.42. The molecule has 0 radical (unpaired) electrons. The first-order valence-corrected chi connectivity index (χ1v) is 7.58. The summed E-state index contributed by atoms with van der Waals surface area (Å²) in [5, 5.41) is 0. The molecule has 2 N–H and O–H groups in total. The van der Waals surface area contributed by atoms with E-state index in [9.17, 15) is 0 Å². The average Bonchev–Trinajstić information content (AvgIpc) is 2.39. The fraction of sp³-hybridized carbons (Fsp3) is 1.00. The van der Waals surface area contributed by atoms with Crippen LogP contribution in [0.3, 0.4) is 0 Å². The molecule has 2 aliphatic rings. The molecule has 0 bridgehead atoms. The average molecular weight is 254 g/mol. The third-order valence-corrected chi connectivity index (χ3v) is 4.73. The van der Waals surface area contributed by atoms with Crippen LogP contribution in [-0.4, -0.2) is 80.1 Å². The zero-order valence-corrected chi connectivity index (χ0v) is 12.1. The highest BCUT2D eigenvalue weighted by molar-refractivity contribution is 4.82. The summed E-state index contributed by atoms with van der Waals surface area (Å²) in [6.45, 7) is 12.1. The molecular weight excluding hydrogens is 224 g/mol. The Labute approximate surface area is 112 Å². The molecular formula is C14H30N4. The summed E-state index contributed by atoms with van der Waals surface area (Å²) >= 11 is 0. The first-order chi connectivity index (χ1) is 8.69. The molecule has 4 nitrogen and oxygen atoms in total. The van der Waals surface area contributed by atoms with Gasteiger partial charge in [-0.05, 0) is 25.9 Å². The van der Waals surface area contributed by atoms with Crippen molar-refractivity contribution in [2.45, 2.75) is 25.8 Å². The van der Waals surface area contributed by atoms with Gasteiger partial charge in [0, 0.05) is 51.9 Å². The van der Waals surface area contributed by atoms with E-state index in [0.717, 1.165) is 0 Å². The number of hydrogen-bond donors (Lipinski definition) is 1. The summed E-state index contributed by atoms with van der Waals surface area (Å²) in [5.74, 6) is 0.714. The van der Waals surface area contributed by atoms with Crippen LogP contribution in [0.2, 0.25) is 0 Å². The Bertz CT molecular complexity index is 238. The summed E-state index contributed by atoms with van der Waals surface area (Å²) in [5.41, 5.74) is 6.16. The first kappa shape index (κ1) is 14.3. The van der Waals surface area contributed by atoms with Gasteiger partial charge in [-0.2, -0.15) is 0 Å². The van der Waals surface area contributed by atoms with Crippen LogP contribution >= 0.6 is 0 Å². The maximum atomic E-state index is 6.16. The SMILES string of the molecule is CCC1CN(CCN2CCN(C)CC2)CCC1N. The van der Waals surface area contributed by atoms with Crippen LogP contribution in [0.15, 0.2) is 0 Å². The minimum atomic E-state index is 0.440. The molecule has 2 unspecified atom stereocenters. The molecule has 0 aliphatic carbocycles. The number of piperazine rings is 1. The second-order valence-corrected chi connectivity index (χ2v) is 6.07. The van der Waals surface area contributed by atoms with E-state index < -0.39 is 0 Å². The molecule has 18 heavy (non-hydrogen) atoms. The molecule has 0 spiro atoms. The number of rotatable bonds is 4. The largest absolute Gasteiger partial charge is 0.327 e. The Morgan fingerprint density at radius 1 is 1.00 bits per heavy atom. The second-order valence-electron chi connectivity index (χ2n) is 6.07. The second kappa shape index (κ2) is 6.85. The van der Waals surface area contributed by atoms with Crippen molar-refractivity contribution in [2.75, 3.05) is 59.4 Å². The van der Waals surface area contributed by atoms with Crippen LogP contribution in [0, 0.1) is 5.92 Å². The fourth-order valence-electron chi connectivity index (χ4n) is 3.11. The Morgan fingerprint density at radius 2 is 1.67 bits per heavy atom. The van der Waals surface area contributed by atoms with Crippen molar-refractivity contribution in [2.24, 2.45) is 11.7 Å².